The Bertz CT molecular complexity index is 4180. The summed E-state index contributed by atoms with van der Waals surface area (Å²) >= 11 is 0. The van der Waals surface area contributed by atoms with Crippen molar-refractivity contribution in [2.24, 2.45) is 0 Å². The average Bonchev–Trinajstić information content (AvgIpc) is 3.05. The van der Waals surface area contributed by atoms with E-state index in [1.807, 2.05) is 0 Å². The zero-order valence-electron chi connectivity index (χ0n) is 46.2. The molecule has 10 aromatic carbocycles. The molecule has 378 valence electrons. The Morgan fingerprint density at radius 2 is 0.821 bits per heavy atom. The minimum Gasteiger partial charge on any atom is -0.319 e. The highest BCUT2D eigenvalue weighted by atomic mass is 15.2. The Morgan fingerprint density at radius 1 is 0.359 bits per heavy atom. The third-order valence-corrected chi connectivity index (χ3v) is 16.4. The molecule has 0 saturated heterocycles. The zero-order valence-corrected chi connectivity index (χ0v) is 46.2. The molecule has 3 heterocycles. The van der Waals surface area contributed by atoms with Crippen molar-refractivity contribution in [3.05, 3.63) is 246 Å². The Morgan fingerprint density at radius 3 is 1.35 bits per heavy atom. The van der Waals surface area contributed by atoms with Crippen LogP contribution in [0.3, 0.4) is 0 Å². The highest BCUT2D eigenvalue weighted by Crippen LogP contribution is 2.49. The molecule has 0 saturated carbocycles. The van der Waals surface area contributed by atoms with Crippen molar-refractivity contribution >= 4 is 84.7 Å². The summed E-state index contributed by atoms with van der Waals surface area (Å²) in [4.78, 5) is 9.41. The molecular formula is C73H63BN4. The summed E-state index contributed by atoms with van der Waals surface area (Å²) in [6.07, 6.45) is 0. The van der Waals surface area contributed by atoms with Crippen molar-refractivity contribution in [3.63, 3.8) is 0 Å². The lowest BCUT2D eigenvalue weighted by atomic mass is 9.33. The van der Waals surface area contributed by atoms with E-state index in [2.05, 4.69) is 300 Å². The summed E-state index contributed by atoms with van der Waals surface area (Å²) in [5, 5.41) is 2.27. The highest BCUT2D eigenvalue weighted by Gasteiger charge is 2.44. The molecule has 13 rings (SSSR count). The number of hydrogen-bond donors (Lipinski definition) is 0. The van der Waals surface area contributed by atoms with E-state index >= 15 is 0 Å². The van der Waals surface area contributed by atoms with Gasteiger partial charge < -0.3 is 14.4 Å². The summed E-state index contributed by atoms with van der Waals surface area (Å²) in [5.41, 5.74) is 24.7. The fraction of sp³-hybridized carbons (Fsp3) is 0.164. The Balaban J connectivity index is 1.12. The number of aromatic nitrogens is 1. The maximum absolute atomic E-state index is 8.78. The van der Waals surface area contributed by atoms with E-state index in [0.29, 0.717) is 5.69 Å². The standard InChI is InChI=1S/C73H63BN4/c1-71(2,3)53-31-39-64-59(41-53)60-42-54(72(4,5)6)43-63(75-10)70(60)78(64)58-36-37-61-66(46-58)77(57-34-28-51(29-35-57)48-22-16-12-17-23-48)68-45-55(73(7,8)9)44-67-69(68)74(61)62-40-52(49-24-18-13-19-25-49)30-38-65(62)76(67)56-32-26-50(27-33-56)47-20-14-11-15-21-47/h11-46H,1-9H3. The molecule has 0 aliphatic carbocycles. The van der Waals surface area contributed by atoms with Gasteiger partial charge in [0.05, 0.1) is 17.6 Å². The zero-order chi connectivity index (χ0) is 53.8. The van der Waals surface area contributed by atoms with Crippen LogP contribution in [-0.4, -0.2) is 11.3 Å². The molecule has 0 radical (unpaired) electrons. The SMILES string of the molecule is [C-]#[N+]c1cc(C(C)(C)C)cc2c3cc(C(C)(C)C)ccc3n(-c3ccc4c(c3)N(c3ccc(-c5ccccc5)cc3)c3cc(C(C)(C)C)cc5c3B4c3cc(-c4ccccc4)ccc3N5c3ccc(-c4ccccc4)cc3)c12. The molecule has 0 amide bonds. The van der Waals surface area contributed by atoms with E-state index in [9.17, 15) is 0 Å². The molecule has 0 fully saturated rings. The van der Waals surface area contributed by atoms with Gasteiger partial charge in [-0.2, -0.15) is 0 Å². The minimum atomic E-state index is -0.191. The number of rotatable bonds is 6. The predicted molar refractivity (Wildman–Crippen MR) is 333 cm³/mol. The first kappa shape index (κ1) is 48.8. The van der Waals surface area contributed by atoms with Crippen LogP contribution in [0.4, 0.5) is 39.8 Å². The number of nitrogens with zero attached hydrogens (tertiary/aromatic N) is 4. The smallest absolute Gasteiger partial charge is 0.252 e. The maximum Gasteiger partial charge on any atom is 0.252 e. The van der Waals surface area contributed by atoms with Crippen molar-refractivity contribution < 1.29 is 0 Å². The Kier molecular flexibility index (Phi) is 11.3. The van der Waals surface area contributed by atoms with Crippen molar-refractivity contribution in [1.82, 2.24) is 4.57 Å². The molecule has 0 spiro atoms. The normalized spacial score (nSPS) is 13.1. The highest BCUT2D eigenvalue weighted by molar-refractivity contribution is 7.00. The van der Waals surface area contributed by atoms with Crippen molar-refractivity contribution in [1.29, 1.82) is 0 Å². The molecule has 0 atom stereocenters. The van der Waals surface area contributed by atoms with Gasteiger partial charge in [-0.15, -0.1) is 0 Å². The van der Waals surface area contributed by atoms with Crippen LogP contribution in [0.15, 0.2) is 218 Å². The first-order valence-corrected chi connectivity index (χ1v) is 27.5. The van der Waals surface area contributed by atoms with Crippen LogP contribution in [0, 0.1) is 6.57 Å². The number of fused-ring (bicyclic) bond motifs is 7. The fourth-order valence-corrected chi connectivity index (χ4v) is 12.2. The Labute approximate surface area is 460 Å². The van der Waals surface area contributed by atoms with E-state index in [1.54, 1.807) is 0 Å². The molecule has 0 bridgehead atoms. The van der Waals surface area contributed by atoms with Crippen LogP contribution in [0.1, 0.15) is 79.0 Å². The van der Waals surface area contributed by atoms with Gasteiger partial charge in [-0.1, -0.05) is 220 Å². The molecule has 0 N–H and O–H groups in total. The van der Waals surface area contributed by atoms with Crippen LogP contribution in [0.5, 0.6) is 0 Å². The predicted octanol–water partition coefficient (Wildman–Crippen LogP) is 18.3. The van der Waals surface area contributed by atoms with Gasteiger partial charge in [-0.3, -0.25) is 0 Å². The summed E-state index contributed by atoms with van der Waals surface area (Å²) in [5.74, 6) is 0. The number of hydrogen-bond acceptors (Lipinski definition) is 2. The topological polar surface area (TPSA) is 15.8 Å². The van der Waals surface area contributed by atoms with Gasteiger partial charge in [-0.25, -0.2) is 4.85 Å². The van der Waals surface area contributed by atoms with E-state index in [0.717, 1.165) is 55.8 Å². The second-order valence-corrected chi connectivity index (χ2v) is 24.6. The third-order valence-electron chi connectivity index (χ3n) is 16.4. The molecule has 2 aliphatic heterocycles. The van der Waals surface area contributed by atoms with Gasteiger partial charge in [0.25, 0.3) is 6.71 Å². The molecule has 2 aliphatic rings. The van der Waals surface area contributed by atoms with E-state index in [1.165, 1.54) is 72.3 Å². The maximum atomic E-state index is 8.78. The van der Waals surface area contributed by atoms with Crippen molar-refractivity contribution in [2.45, 2.75) is 78.6 Å². The Hall–Kier alpha value is -8.85. The van der Waals surface area contributed by atoms with Crippen molar-refractivity contribution in [2.75, 3.05) is 9.80 Å². The summed E-state index contributed by atoms with van der Waals surface area (Å²) in [6, 6.07) is 81.1. The van der Waals surface area contributed by atoms with Crippen LogP contribution < -0.4 is 26.2 Å². The monoisotopic (exact) mass is 1010 g/mol. The summed E-state index contributed by atoms with van der Waals surface area (Å²) in [6.45, 7) is 29.2. The van der Waals surface area contributed by atoms with Gasteiger partial charge in [0.1, 0.15) is 0 Å². The first-order valence-electron chi connectivity index (χ1n) is 27.5. The first-order chi connectivity index (χ1) is 37.5. The van der Waals surface area contributed by atoms with Gasteiger partial charge in [0.15, 0.2) is 0 Å². The van der Waals surface area contributed by atoms with E-state index in [4.69, 9.17) is 6.57 Å². The summed E-state index contributed by atoms with van der Waals surface area (Å²) < 4.78 is 2.38. The van der Waals surface area contributed by atoms with Gasteiger partial charge >= 0.3 is 0 Å². The van der Waals surface area contributed by atoms with E-state index < -0.39 is 0 Å². The lowest BCUT2D eigenvalue weighted by Gasteiger charge is -2.45. The molecule has 11 aromatic rings. The van der Waals surface area contributed by atoms with Gasteiger partial charge in [-0.05, 0) is 149 Å². The largest absolute Gasteiger partial charge is 0.319 e. The molecular weight excluding hydrogens is 944 g/mol. The third kappa shape index (κ3) is 8.13. The molecule has 4 nitrogen and oxygen atoms in total. The summed E-state index contributed by atoms with van der Waals surface area (Å²) in [7, 11) is 0. The van der Waals surface area contributed by atoms with Gasteiger partial charge in [0, 0.05) is 45.2 Å². The number of anilines is 6. The lowest BCUT2D eigenvalue weighted by molar-refractivity contribution is 0.590. The van der Waals surface area contributed by atoms with Gasteiger partial charge in [0.2, 0.25) is 5.69 Å². The molecule has 5 heteroatoms. The van der Waals surface area contributed by atoms with Crippen molar-refractivity contribution in [3.8, 4) is 39.1 Å². The second-order valence-electron chi connectivity index (χ2n) is 24.6. The van der Waals surface area contributed by atoms with Crippen LogP contribution in [0.25, 0.3) is 65.7 Å². The van der Waals surface area contributed by atoms with E-state index in [-0.39, 0.29) is 23.0 Å². The fourth-order valence-electron chi connectivity index (χ4n) is 12.2. The molecule has 78 heavy (non-hydrogen) atoms. The second kappa shape index (κ2) is 18.1. The average molecular weight is 1010 g/mol. The van der Waals surface area contributed by atoms with Crippen LogP contribution in [-0.2, 0) is 16.2 Å². The number of benzene rings is 10. The van der Waals surface area contributed by atoms with Crippen LogP contribution >= 0.6 is 0 Å². The molecule has 0 unspecified atom stereocenters. The minimum absolute atomic E-state index is 0.0642. The molecule has 1 aromatic heterocycles. The lowest BCUT2D eigenvalue weighted by Crippen LogP contribution is -2.61. The quantitative estimate of drug-likeness (QED) is 0.122. The van der Waals surface area contributed by atoms with Crippen LogP contribution in [0.2, 0.25) is 0 Å².